The Labute approximate surface area is 114 Å². The van der Waals surface area contributed by atoms with E-state index in [1.165, 1.54) is 17.8 Å². The molecule has 2 aromatic rings. The predicted molar refractivity (Wildman–Crippen MR) is 74.7 cm³/mol. The zero-order valence-electron chi connectivity index (χ0n) is 9.87. The molecule has 0 radical (unpaired) electrons. The number of nitrogens with zero attached hydrogens (tertiary/aromatic N) is 1. The summed E-state index contributed by atoms with van der Waals surface area (Å²) in [7, 11) is 0. The normalized spacial score (nSPS) is 10.1. The first-order valence-electron chi connectivity index (χ1n) is 5.44. The predicted octanol–water partition coefficient (Wildman–Crippen LogP) is 3.03. The minimum Gasteiger partial charge on any atom is -0.384 e. The third-order valence-electron chi connectivity index (χ3n) is 2.46. The molecular weight excluding hydrogens is 262 g/mol. The van der Waals surface area contributed by atoms with Crippen LogP contribution in [0, 0.1) is 15.5 Å². The lowest BCUT2D eigenvalue weighted by Gasteiger charge is -2.07. The Morgan fingerprint density at radius 1 is 1.11 bits per heavy atom. The van der Waals surface area contributed by atoms with E-state index in [-0.39, 0.29) is 11.5 Å². The summed E-state index contributed by atoms with van der Waals surface area (Å²) < 4.78 is 0. The van der Waals surface area contributed by atoms with Crippen LogP contribution in [0.2, 0.25) is 0 Å². The van der Waals surface area contributed by atoms with Crippen molar-refractivity contribution in [3.63, 3.8) is 0 Å². The molecule has 0 unspecified atom stereocenters. The van der Waals surface area contributed by atoms with Gasteiger partial charge in [0.15, 0.2) is 0 Å². The molecule has 0 spiro atoms. The van der Waals surface area contributed by atoms with Gasteiger partial charge in [-0.3, -0.25) is 15.5 Å². The van der Waals surface area contributed by atoms with Gasteiger partial charge in [0.1, 0.15) is 5.84 Å². The highest BCUT2D eigenvalue weighted by molar-refractivity contribution is 7.99. The minimum atomic E-state index is -0.418. The van der Waals surface area contributed by atoms with Gasteiger partial charge >= 0.3 is 0 Å². The molecular formula is C13H11N3O2S. The van der Waals surface area contributed by atoms with Crippen molar-refractivity contribution in [2.24, 2.45) is 5.73 Å². The van der Waals surface area contributed by atoms with Gasteiger partial charge in [0.2, 0.25) is 0 Å². The van der Waals surface area contributed by atoms with Crippen molar-refractivity contribution >= 4 is 23.3 Å². The summed E-state index contributed by atoms with van der Waals surface area (Å²) in [6.45, 7) is 0. The van der Waals surface area contributed by atoms with Crippen LogP contribution in [0.25, 0.3) is 0 Å². The number of nitro benzene ring substituents is 1. The zero-order valence-corrected chi connectivity index (χ0v) is 10.7. The summed E-state index contributed by atoms with van der Waals surface area (Å²) in [5.74, 6) is -0.0540. The molecule has 0 saturated carbocycles. The molecule has 0 atom stereocenters. The lowest BCUT2D eigenvalue weighted by molar-refractivity contribution is -0.387. The second-order valence-electron chi connectivity index (χ2n) is 3.74. The van der Waals surface area contributed by atoms with Gasteiger partial charge in [0.05, 0.1) is 9.82 Å². The van der Waals surface area contributed by atoms with Crippen molar-refractivity contribution in [2.75, 3.05) is 0 Å². The number of amidine groups is 1. The second-order valence-corrected chi connectivity index (χ2v) is 4.82. The van der Waals surface area contributed by atoms with E-state index in [1.807, 2.05) is 6.07 Å². The third-order valence-corrected chi connectivity index (χ3v) is 3.60. The number of nitrogen functional groups attached to an aromatic ring is 1. The van der Waals surface area contributed by atoms with Crippen LogP contribution >= 0.6 is 11.8 Å². The minimum absolute atomic E-state index is 0.0471. The Morgan fingerprint density at radius 3 is 2.32 bits per heavy atom. The van der Waals surface area contributed by atoms with Gasteiger partial charge in [-0.15, -0.1) is 0 Å². The van der Waals surface area contributed by atoms with Crippen LogP contribution in [-0.4, -0.2) is 10.8 Å². The number of hydrogen-bond acceptors (Lipinski definition) is 4. The molecule has 5 nitrogen and oxygen atoms in total. The second kappa shape index (κ2) is 5.53. The summed E-state index contributed by atoms with van der Waals surface area (Å²) in [5, 5.41) is 18.5. The van der Waals surface area contributed by atoms with Crippen LogP contribution in [0.1, 0.15) is 5.56 Å². The van der Waals surface area contributed by atoms with E-state index >= 15 is 0 Å². The number of nitrogens with one attached hydrogen (secondary N) is 1. The van der Waals surface area contributed by atoms with Gasteiger partial charge in [-0.1, -0.05) is 42.1 Å². The Morgan fingerprint density at radius 2 is 1.68 bits per heavy atom. The van der Waals surface area contributed by atoms with Crippen molar-refractivity contribution in [1.82, 2.24) is 0 Å². The SMILES string of the molecule is N=C(N)c1ccccc1Sc1ccccc1[N+](=O)[O-]. The topological polar surface area (TPSA) is 93.0 Å². The lowest BCUT2D eigenvalue weighted by Crippen LogP contribution is -2.12. The quantitative estimate of drug-likeness (QED) is 0.387. The summed E-state index contributed by atoms with van der Waals surface area (Å²) in [6.07, 6.45) is 0. The molecule has 3 N–H and O–H groups in total. The summed E-state index contributed by atoms with van der Waals surface area (Å²) in [4.78, 5) is 11.8. The number of hydrogen-bond donors (Lipinski definition) is 2. The van der Waals surface area contributed by atoms with Crippen LogP contribution in [0.5, 0.6) is 0 Å². The molecule has 6 heteroatoms. The maximum atomic E-state index is 11.0. The molecule has 0 aliphatic heterocycles. The highest BCUT2D eigenvalue weighted by atomic mass is 32.2. The van der Waals surface area contributed by atoms with Gasteiger partial charge in [-0.05, 0) is 12.1 Å². The lowest BCUT2D eigenvalue weighted by atomic mass is 10.2. The molecule has 0 aliphatic carbocycles. The molecule has 0 heterocycles. The molecule has 2 rings (SSSR count). The summed E-state index contributed by atoms with van der Waals surface area (Å²) >= 11 is 1.23. The Bertz CT molecular complexity index is 588. The fraction of sp³-hybridized carbons (Fsp3) is 0. The molecule has 96 valence electrons. The maximum absolute atomic E-state index is 11.0. The molecule has 0 aliphatic rings. The molecule has 19 heavy (non-hydrogen) atoms. The molecule has 0 bridgehead atoms. The van der Waals surface area contributed by atoms with E-state index in [1.54, 1.807) is 36.4 Å². The smallest absolute Gasteiger partial charge is 0.283 e. The number of nitro groups is 1. The first-order chi connectivity index (χ1) is 9.09. The first-order valence-corrected chi connectivity index (χ1v) is 6.26. The van der Waals surface area contributed by atoms with E-state index in [2.05, 4.69) is 0 Å². The Hall–Kier alpha value is -2.34. The average Bonchev–Trinajstić information content (AvgIpc) is 2.39. The number of benzene rings is 2. The van der Waals surface area contributed by atoms with E-state index in [0.29, 0.717) is 10.5 Å². The molecule has 0 fully saturated rings. The van der Waals surface area contributed by atoms with E-state index in [4.69, 9.17) is 11.1 Å². The third kappa shape index (κ3) is 2.92. The highest BCUT2D eigenvalue weighted by Gasteiger charge is 2.15. The van der Waals surface area contributed by atoms with Crippen LogP contribution in [0.3, 0.4) is 0 Å². The van der Waals surface area contributed by atoms with Gasteiger partial charge in [-0.2, -0.15) is 0 Å². The van der Waals surface area contributed by atoms with Crippen LogP contribution < -0.4 is 5.73 Å². The largest absolute Gasteiger partial charge is 0.384 e. The highest BCUT2D eigenvalue weighted by Crippen LogP contribution is 2.35. The van der Waals surface area contributed by atoms with Crippen LogP contribution in [-0.2, 0) is 0 Å². The summed E-state index contributed by atoms with van der Waals surface area (Å²) in [5.41, 5.74) is 6.12. The van der Waals surface area contributed by atoms with E-state index < -0.39 is 4.92 Å². The van der Waals surface area contributed by atoms with Gasteiger partial charge in [0, 0.05) is 16.5 Å². The van der Waals surface area contributed by atoms with Crippen molar-refractivity contribution in [1.29, 1.82) is 5.41 Å². The number of nitrogens with two attached hydrogens (primary N) is 1. The summed E-state index contributed by atoms with van der Waals surface area (Å²) in [6, 6.07) is 13.6. The average molecular weight is 273 g/mol. The van der Waals surface area contributed by atoms with Crippen molar-refractivity contribution in [2.45, 2.75) is 9.79 Å². The number of para-hydroxylation sites is 1. The van der Waals surface area contributed by atoms with Gasteiger partial charge < -0.3 is 5.73 Å². The van der Waals surface area contributed by atoms with E-state index in [0.717, 1.165) is 4.90 Å². The van der Waals surface area contributed by atoms with E-state index in [9.17, 15) is 10.1 Å². The number of rotatable bonds is 4. The van der Waals surface area contributed by atoms with Crippen molar-refractivity contribution < 1.29 is 4.92 Å². The molecule has 0 saturated heterocycles. The monoisotopic (exact) mass is 273 g/mol. The molecule has 2 aromatic carbocycles. The Kier molecular flexibility index (Phi) is 3.82. The fourth-order valence-corrected chi connectivity index (χ4v) is 2.66. The Balaban J connectivity index is 2.42. The van der Waals surface area contributed by atoms with Crippen LogP contribution in [0.4, 0.5) is 5.69 Å². The molecule has 0 aromatic heterocycles. The standard InChI is InChI=1S/C13H11N3O2S/c14-13(15)9-5-1-3-7-11(9)19-12-8-4-2-6-10(12)16(17)18/h1-8H,(H3,14,15). The fourth-order valence-electron chi connectivity index (χ4n) is 1.59. The maximum Gasteiger partial charge on any atom is 0.283 e. The first kappa shape index (κ1) is 13.1. The zero-order chi connectivity index (χ0) is 13.8. The van der Waals surface area contributed by atoms with Gasteiger partial charge in [0.25, 0.3) is 5.69 Å². The van der Waals surface area contributed by atoms with Gasteiger partial charge in [-0.25, -0.2) is 0 Å². The van der Waals surface area contributed by atoms with Crippen molar-refractivity contribution in [3.05, 3.63) is 64.2 Å². The van der Waals surface area contributed by atoms with Crippen LogP contribution in [0.15, 0.2) is 58.3 Å². The van der Waals surface area contributed by atoms with Crippen molar-refractivity contribution in [3.8, 4) is 0 Å². The molecule has 0 amide bonds.